The van der Waals surface area contributed by atoms with Gasteiger partial charge < -0.3 is 5.11 Å². The van der Waals surface area contributed by atoms with Crippen LogP contribution in [0.2, 0.25) is 10.0 Å². The molecule has 0 amide bonds. The predicted octanol–water partition coefficient (Wildman–Crippen LogP) is 3.27. The highest BCUT2D eigenvalue weighted by atomic mass is 35.5. The van der Waals surface area contributed by atoms with Crippen LogP contribution in [0.25, 0.3) is 0 Å². The van der Waals surface area contributed by atoms with Crippen LogP contribution in [0, 0.1) is 0 Å². The van der Waals surface area contributed by atoms with E-state index in [1.807, 2.05) is 0 Å². The monoisotopic (exact) mass is 224 g/mol. The third-order valence-corrected chi connectivity index (χ3v) is 2.61. The Morgan fingerprint density at radius 3 is 2.58 bits per heavy atom. The number of aliphatic hydroxyl groups is 1. The Bertz CT molecular complexity index is 275. The molecular formula is C8H7Cl3O. The molecule has 0 radical (unpaired) electrons. The Morgan fingerprint density at radius 1 is 1.33 bits per heavy atom. The third-order valence-electron chi connectivity index (χ3n) is 1.49. The summed E-state index contributed by atoms with van der Waals surface area (Å²) >= 11 is 17.0. The first-order valence-corrected chi connectivity index (χ1v) is 4.63. The summed E-state index contributed by atoms with van der Waals surface area (Å²) in [5, 5.41) is 10.2. The van der Waals surface area contributed by atoms with Crippen LogP contribution < -0.4 is 0 Å². The van der Waals surface area contributed by atoms with Crippen molar-refractivity contribution in [1.82, 2.24) is 0 Å². The highest BCUT2D eigenvalue weighted by Crippen LogP contribution is 2.30. The van der Waals surface area contributed by atoms with E-state index in [1.54, 1.807) is 18.2 Å². The molecule has 0 aliphatic rings. The largest absolute Gasteiger partial charge is 0.387 e. The average molecular weight is 226 g/mol. The summed E-state index contributed by atoms with van der Waals surface area (Å²) in [6.45, 7) is 0. The highest BCUT2D eigenvalue weighted by molar-refractivity contribution is 6.42. The van der Waals surface area contributed by atoms with E-state index in [1.165, 1.54) is 0 Å². The van der Waals surface area contributed by atoms with E-state index in [0.29, 0.717) is 15.6 Å². The first-order chi connectivity index (χ1) is 5.66. The standard InChI is InChI=1S/C8H7Cl3O/c9-4-7(12)5-2-1-3-6(10)8(5)11/h1-3,7,12H,4H2. The van der Waals surface area contributed by atoms with Crippen molar-refractivity contribution in [2.45, 2.75) is 6.10 Å². The number of alkyl halides is 1. The first-order valence-electron chi connectivity index (χ1n) is 3.34. The average Bonchev–Trinajstić information content (AvgIpc) is 2.08. The van der Waals surface area contributed by atoms with Gasteiger partial charge in [0, 0.05) is 5.56 Å². The molecular weight excluding hydrogens is 218 g/mol. The van der Waals surface area contributed by atoms with E-state index in [-0.39, 0.29) is 5.88 Å². The molecule has 1 N–H and O–H groups in total. The molecule has 1 aromatic carbocycles. The van der Waals surface area contributed by atoms with Crippen molar-refractivity contribution >= 4 is 34.8 Å². The molecule has 12 heavy (non-hydrogen) atoms. The number of hydrogen-bond acceptors (Lipinski definition) is 1. The van der Waals surface area contributed by atoms with Crippen LogP contribution in [-0.2, 0) is 0 Å². The third kappa shape index (κ3) is 2.05. The van der Waals surface area contributed by atoms with E-state index in [4.69, 9.17) is 34.8 Å². The Kier molecular flexibility index (Phi) is 3.66. The van der Waals surface area contributed by atoms with E-state index < -0.39 is 6.10 Å². The van der Waals surface area contributed by atoms with Crippen LogP contribution >= 0.6 is 34.8 Å². The number of aliphatic hydroxyl groups excluding tert-OH is 1. The Morgan fingerprint density at radius 2 is 2.00 bits per heavy atom. The maximum Gasteiger partial charge on any atom is 0.0940 e. The van der Waals surface area contributed by atoms with Crippen LogP contribution in [-0.4, -0.2) is 11.0 Å². The van der Waals surface area contributed by atoms with Crippen LogP contribution in [0.1, 0.15) is 11.7 Å². The lowest BCUT2D eigenvalue weighted by atomic mass is 10.1. The Hall–Kier alpha value is 0.0500. The zero-order valence-electron chi connectivity index (χ0n) is 6.10. The summed E-state index contributed by atoms with van der Waals surface area (Å²) in [4.78, 5) is 0. The zero-order chi connectivity index (χ0) is 9.14. The van der Waals surface area contributed by atoms with Crippen molar-refractivity contribution in [3.8, 4) is 0 Å². The molecule has 0 bridgehead atoms. The SMILES string of the molecule is OC(CCl)c1cccc(Cl)c1Cl. The normalized spacial score (nSPS) is 13.0. The lowest BCUT2D eigenvalue weighted by molar-refractivity contribution is 0.203. The summed E-state index contributed by atoms with van der Waals surface area (Å²) in [6, 6.07) is 5.08. The van der Waals surface area contributed by atoms with E-state index in [2.05, 4.69) is 0 Å². The van der Waals surface area contributed by atoms with Gasteiger partial charge in [0.25, 0.3) is 0 Å². The fourth-order valence-electron chi connectivity index (χ4n) is 0.861. The highest BCUT2D eigenvalue weighted by Gasteiger charge is 2.11. The maximum absolute atomic E-state index is 9.36. The topological polar surface area (TPSA) is 20.2 Å². The van der Waals surface area contributed by atoms with Gasteiger partial charge in [0.2, 0.25) is 0 Å². The van der Waals surface area contributed by atoms with E-state index in [0.717, 1.165) is 0 Å². The molecule has 0 fully saturated rings. The quantitative estimate of drug-likeness (QED) is 0.766. The van der Waals surface area contributed by atoms with Crippen molar-refractivity contribution in [2.75, 3.05) is 5.88 Å². The second-order valence-electron chi connectivity index (χ2n) is 2.31. The minimum absolute atomic E-state index is 0.111. The lowest BCUT2D eigenvalue weighted by Gasteiger charge is -2.09. The number of halogens is 3. The van der Waals surface area contributed by atoms with Crippen molar-refractivity contribution in [3.63, 3.8) is 0 Å². The smallest absolute Gasteiger partial charge is 0.0940 e. The van der Waals surface area contributed by atoms with Gasteiger partial charge in [-0.15, -0.1) is 11.6 Å². The second kappa shape index (κ2) is 4.33. The number of hydrogen-bond donors (Lipinski definition) is 1. The van der Waals surface area contributed by atoms with Crippen molar-refractivity contribution in [2.24, 2.45) is 0 Å². The summed E-state index contributed by atoms with van der Waals surface area (Å²) in [5.41, 5.74) is 0.569. The number of rotatable bonds is 2. The molecule has 1 atom stereocenters. The Balaban J connectivity index is 3.07. The van der Waals surface area contributed by atoms with Gasteiger partial charge in [-0.2, -0.15) is 0 Å². The van der Waals surface area contributed by atoms with E-state index in [9.17, 15) is 5.11 Å². The second-order valence-corrected chi connectivity index (χ2v) is 3.41. The van der Waals surface area contributed by atoms with Crippen LogP contribution in [0.3, 0.4) is 0 Å². The minimum Gasteiger partial charge on any atom is -0.387 e. The molecule has 0 saturated heterocycles. The van der Waals surface area contributed by atoms with Gasteiger partial charge >= 0.3 is 0 Å². The van der Waals surface area contributed by atoms with Gasteiger partial charge in [0.15, 0.2) is 0 Å². The van der Waals surface area contributed by atoms with Crippen molar-refractivity contribution in [1.29, 1.82) is 0 Å². The van der Waals surface area contributed by atoms with E-state index >= 15 is 0 Å². The van der Waals surface area contributed by atoms with Gasteiger partial charge in [0.05, 0.1) is 22.0 Å². The zero-order valence-corrected chi connectivity index (χ0v) is 8.37. The van der Waals surface area contributed by atoms with Gasteiger partial charge in [-0.05, 0) is 6.07 Å². The molecule has 0 saturated carbocycles. The van der Waals surface area contributed by atoms with Gasteiger partial charge in [-0.3, -0.25) is 0 Å². The van der Waals surface area contributed by atoms with Crippen LogP contribution in [0.5, 0.6) is 0 Å². The maximum atomic E-state index is 9.36. The summed E-state index contributed by atoms with van der Waals surface area (Å²) in [6.07, 6.45) is -0.752. The molecule has 1 aromatic rings. The van der Waals surface area contributed by atoms with Crippen molar-refractivity contribution in [3.05, 3.63) is 33.8 Å². The summed E-state index contributed by atoms with van der Waals surface area (Å²) in [7, 11) is 0. The predicted molar refractivity (Wildman–Crippen MR) is 52.1 cm³/mol. The summed E-state index contributed by atoms with van der Waals surface area (Å²) < 4.78 is 0. The fraction of sp³-hybridized carbons (Fsp3) is 0.250. The lowest BCUT2D eigenvalue weighted by Crippen LogP contribution is -1.99. The fourth-order valence-corrected chi connectivity index (χ4v) is 1.46. The van der Waals surface area contributed by atoms with Gasteiger partial charge in [-0.1, -0.05) is 35.3 Å². The van der Waals surface area contributed by atoms with Crippen LogP contribution in [0.4, 0.5) is 0 Å². The molecule has 0 spiro atoms. The first kappa shape index (κ1) is 10.1. The van der Waals surface area contributed by atoms with Gasteiger partial charge in [-0.25, -0.2) is 0 Å². The van der Waals surface area contributed by atoms with Crippen LogP contribution in [0.15, 0.2) is 18.2 Å². The molecule has 1 nitrogen and oxygen atoms in total. The molecule has 1 unspecified atom stereocenters. The summed E-state index contributed by atoms with van der Waals surface area (Å²) in [5.74, 6) is 0.111. The molecule has 0 aliphatic carbocycles. The Labute approximate surface area is 85.9 Å². The molecule has 66 valence electrons. The van der Waals surface area contributed by atoms with Crippen molar-refractivity contribution < 1.29 is 5.11 Å². The molecule has 0 aromatic heterocycles. The molecule has 0 aliphatic heterocycles. The molecule has 1 rings (SSSR count). The molecule has 0 heterocycles. The van der Waals surface area contributed by atoms with Gasteiger partial charge in [0.1, 0.15) is 0 Å². The minimum atomic E-state index is -0.752. The molecule has 4 heteroatoms. The number of benzene rings is 1.